The minimum atomic E-state index is 0.357. The van der Waals surface area contributed by atoms with Crippen LogP contribution in [0.2, 0.25) is 0 Å². The van der Waals surface area contributed by atoms with Crippen LogP contribution in [0.25, 0.3) is 5.57 Å². The van der Waals surface area contributed by atoms with Crippen LogP contribution in [0, 0.1) is 22.7 Å². The zero-order chi connectivity index (χ0) is 10.4. The summed E-state index contributed by atoms with van der Waals surface area (Å²) in [7, 11) is 1.57. The highest BCUT2D eigenvalue weighted by atomic mass is 16.5. The van der Waals surface area contributed by atoms with Gasteiger partial charge in [-0.25, -0.2) is 0 Å². The van der Waals surface area contributed by atoms with E-state index in [1.807, 2.05) is 12.1 Å². The van der Waals surface area contributed by atoms with Crippen molar-refractivity contribution < 1.29 is 4.74 Å². The Morgan fingerprint density at radius 3 is 2.36 bits per heavy atom. The van der Waals surface area contributed by atoms with Crippen molar-refractivity contribution in [2.45, 2.75) is 0 Å². The van der Waals surface area contributed by atoms with Gasteiger partial charge in [-0.05, 0) is 29.8 Å². The number of benzene rings is 1. The van der Waals surface area contributed by atoms with Crippen LogP contribution in [0.15, 0.2) is 30.3 Å². The second-order valence-electron chi connectivity index (χ2n) is 2.53. The largest absolute Gasteiger partial charge is 0.497 e. The summed E-state index contributed by atoms with van der Waals surface area (Å²) in [5.41, 5.74) is 1.07. The Bertz CT molecular complexity index is 418. The highest BCUT2D eigenvalue weighted by molar-refractivity contribution is 5.78. The van der Waals surface area contributed by atoms with Gasteiger partial charge in [0.05, 0.1) is 18.8 Å². The molecule has 1 rings (SSSR count). The van der Waals surface area contributed by atoms with Crippen LogP contribution >= 0.6 is 0 Å². The minimum Gasteiger partial charge on any atom is -0.497 e. The molecule has 0 saturated carbocycles. The first-order valence-corrected chi connectivity index (χ1v) is 3.96. The molecule has 0 spiro atoms. The lowest BCUT2D eigenvalue weighted by molar-refractivity contribution is 0.415. The highest BCUT2D eigenvalue weighted by Gasteiger charge is 1.99. The third-order valence-corrected chi connectivity index (χ3v) is 1.73. The molecule has 0 N–H and O–H groups in total. The molecule has 1 aromatic carbocycles. The number of nitriles is 2. The normalized spacial score (nSPS) is 10.1. The Morgan fingerprint density at radius 1 is 1.29 bits per heavy atom. The van der Waals surface area contributed by atoms with Crippen LogP contribution in [0.1, 0.15) is 5.56 Å². The molecular formula is C11H8N2O. The van der Waals surface area contributed by atoms with Gasteiger partial charge in [0.15, 0.2) is 0 Å². The third-order valence-electron chi connectivity index (χ3n) is 1.73. The van der Waals surface area contributed by atoms with Gasteiger partial charge in [-0.15, -0.1) is 0 Å². The standard InChI is InChI=1S/C11H8N2O/c1-14-11-4-2-9(3-5-11)10(8-13)6-7-12/h2-6H,1H3. The number of hydrogen-bond acceptors (Lipinski definition) is 3. The van der Waals surface area contributed by atoms with Gasteiger partial charge in [0, 0.05) is 6.08 Å². The Labute approximate surface area is 82.5 Å². The average Bonchev–Trinajstić information content (AvgIpc) is 2.26. The molecule has 0 saturated heterocycles. The fourth-order valence-electron chi connectivity index (χ4n) is 1.02. The molecule has 68 valence electrons. The third kappa shape index (κ3) is 2.12. The number of nitrogens with zero attached hydrogens (tertiary/aromatic N) is 2. The van der Waals surface area contributed by atoms with Crippen LogP contribution in [0.5, 0.6) is 5.75 Å². The summed E-state index contributed by atoms with van der Waals surface area (Å²) >= 11 is 0. The van der Waals surface area contributed by atoms with Crippen molar-refractivity contribution in [1.82, 2.24) is 0 Å². The molecule has 3 heteroatoms. The Hall–Kier alpha value is -2.26. The molecule has 0 unspecified atom stereocenters. The van der Waals surface area contributed by atoms with E-state index in [0.29, 0.717) is 5.57 Å². The van der Waals surface area contributed by atoms with E-state index in [4.69, 9.17) is 15.3 Å². The molecule has 1 aromatic rings. The molecule has 0 heterocycles. The van der Waals surface area contributed by atoms with E-state index >= 15 is 0 Å². The van der Waals surface area contributed by atoms with E-state index in [0.717, 1.165) is 11.3 Å². The molecule has 0 bridgehead atoms. The lowest BCUT2D eigenvalue weighted by Gasteiger charge is -2.00. The van der Waals surface area contributed by atoms with Gasteiger partial charge in [0.1, 0.15) is 11.8 Å². The predicted molar refractivity (Wildman–Crippen MR) is 52.2 cm³/mol. The van der Waals surface area contributed by atoms with Gasteiger partial charge in [0.2, 0.25) is 0 Å². The van der Waals surface area contributed by atoms with Crippen LogP contribution < -0.4 is 4.74 Å². The number of ether oxygens (including phenoxy) is 1. The van der Waals surface area contributed by atoms with E-state index in [2.05, 4.69) is 0 Å². The molecule has 0 fully saturated rings. The van der Waals surface area contributed by atoms with Gasteiger partial charge in [0.25, 0.3) is 0 Å². The van der Waals surface area contributed by atoms with E-state index in [9.17, 15) is 0 Å². The molecule has 0 aliphatic heterocycles. The van der Waals surface area contributed by atoms with Crippen molar-refractivity contribution >= 4 is 5.57 Å². The van der Waals surface area contributed by atoms with E-state index in [1.165, 1.54) is 6.08 Å². The van der Waals surface area contributed by atoms with Gasteiger partial charge >= 0.3 is 0 Å². The summed E-state index contributed by atoms with van der Waals surface area (Å²) in [5.74, 6) is 0.725. The van der Waals surface area contributed by atoms with Crippen molar-refractivity contribution in [3.63, 3.8) is 0 Å². The molecule has 0 amide bonds. The smallest absolute Gasteiger partial charge is 0.118 e. The fraction of sp³-hybridized carbons (Fsp3) is 0.0909. The van der Waals surface area contributed by atoms with Crippen molar-refractivity contribution in [2.24, 2.45) is 0 Å². The molecule has 14 heavy (non-hydrogen) atoms. The summed E-state index contributed by atoms with van der Waals surface area (Å²) in [6.45, 7) is 0. The number of methoxy groups -OCH3 is 1. The monoisotopic (exact) mass is 184 g/mol. The molecule has 0 radical (unpaired) electrons. The molecule has 0 aliphatic carbocycles. The Balaban J connectivity index is 3.04. The first-order chi connectivity index (χ1) is 6.81. The maximum absolute atomic E-state index is 8.74. The van der Waals surface area contributed by atoms with Gasteiger partial charge < -0.3 is 4.74 Å². The van der Waals surface area contributed by atoms with Crippen LogP contribution in [0.4, 0.5) is 0 Å². The van der Waals surface area contributed by atoms with Crippen molar-refractivity contribution in [2.75, 3.05) is 7.11 Å². The Kier molecular flexibility index (Phi) is 3.29. The zero-order valence-electron chi connectivity index (χ0n) is 7.69. The average molecular weight is 184 g/mol. The molecular weight excluding hydrogens is 176 g/mol. The first-order valence-electron chi connectivity index (χ1n) is 3.96. The first kappa shape index (κ1) is 9.83. The summed E-state index contributed by atoms with van der Waals surface area (Å²) in [6, 6.07) is 10.8. The number of rotatable bonds is 2. The Morgan fingerprint density at radius 2 is 1.93 bits per heavy atom. The van der Waals surface area contributed by atoms with Crippen molar-refractivity contribution in [3.8, 4) is 17.9 Å². The lowest BCUT2D eigenvalue weighted by atomic mass is 10.1. The van der Waals surface area contributed by atoms with E-state index < -0.39 is 0 Å². The summed E-state index contributed by atoms with van der Waals surface area (Å²) in [6.07, 6.45) is 1.22. The summed E-state index contributed by atoms with van der Waals surface area (Å²) < 4.78 is 4.98. The zero-order valence-corrected chi connectivity index (χ0v) is 7.69. The molecule has 0 aromatic heterocycles. The van der Waals surface area contributed by atoms with Crippen LogP contribution in [-0.2, 0) is 0 Å². The maximum atomic E-state index is 8.74. The maximum Gasteiger partial charge on any atom is 0.118 e. The second kappa shape index (κ2) is 4.69. The lowest BCUT2D eigenvalue weighted by Crippen LogP contribution is -1.84. The van der Waals surface area contributed by atoms with Crippen molar-refractivity contribution in [3.05, 3.63) is 35.9 Å². The summed E-state index contributed by atoms with van der Waals surface area (Å²) in [5, 5.41) is 17.2. The quantitative estimate of drug-likeness (QED) is 0.661. The van der Waals surface area contributed by atoms with Gasteiger partial charge in [-0.1, -0.05) is 0 Å². The van der Waals surface area contributed by atoms with Crippen LogP contribution in [0.3, 0.4) is 0 Å². The predicted octanol–water partition coefficient (Wildman–Crippen LogP) is 2.13. The number of hydrogen-bond donors (Lipinski definition) is 0. The fourth-order valence-corrected chi connectivity index (χ4v) is 1.02. The van der Waals surface area contributed by atoms with Gasteiger partial charge in [-0.3, -0.25) is 0 Å². The minimum absolute atomic E-state index is 0.357. The number of allylic oxidation sites excluding steroid dienone is 2. The topological polar surface area (TPSA) is 56.8 Å². The van der Waals surface area contributed by atoms with E-state index in [1.54, 1.807) is 31.4 Å². The van der Waals surface area contributed by atoms with Gasteiger partial charge in [-0.2, -0.15) is 10.5 Å². The molecule has 0 atom stereocenters. The van der Waals surface area contributed by atoms with Crippen molar-refractivity contribution in [1.29, 1.82) is 10.5 Å². The SMILES string of the molecule is COc1ccc(C(C#N)=CC#N)cc1. The van der Waals surface area contributed by atoms with E-state index in [-0.39, 0.29) is 0 Å². The van der Waals surface area contributed by atoms with Crippen LogP contribution in [-0.4, -0.2) is 7.11 Å². The molecule has 3 nitrogen and oxygen atoms in total. The second-order valence-corrected chi connectivity index (χ2v) is 2.53. The highest BCUT2D eigenvalue weighted by Crippen LogP contribution is 2.17. The summed E-state index contributed by atoms with van der Waals surface area (Å²) in [4.78, 5) is 0. The molecule has 0 aliphatic rings.